The summed E-state index contributed by atoms with van der Waals surface area (Å²) in [6, 6.07) is 1.01. The molecule has 9 nitrogen and oxygen atoms in total. The number of fused-ring (bicyclic) bond motifs is 1. The second-order valence-corrected chi connectivity index (χ2v) is 8.47. The van der Waals surface area contributed by atoms with Crippen molar-refractivity contribution in [2.24, 2.45) is 11.8 Å². The minimum atomic E-state index is -5.15. The van der Waals surface area contributed by atoms with E-state index < -0.39 is 36.4 Å². The van der Waals surface area contributed by atoms with Crippen molar-refractivity contribution in [2.45, 2.75) is 50.2 Å². The van der Waals surface area contributed by atoms with Crippen LogP contribution in [0.4, 0.5) is 18.0 Å². The Kier molecular flexibility index (Phi) is 6.64. The molecule has 12 heteroatoms. The topological polar surface area (TPSA) is 106 Å². The van der Waals surface area contributed by atoms with E-state index in [9.17, 15) is 27.6 Å². The zero-order valence-corrected chi connectivity index (χ0v) is 17.4. The van der Waals surface area contributed by atoms with Crippen LogP contribution in [-0.2, 0) is 14.3 Å². The maximum atomic E-state index is 12.8. The monoisotopic (exact) mass is 445 g/mol. The van der Waals surface area contributed by atoms with Crippen molar-refractivity contribution < 1.29 is 32.3 Å². The molecule has 3 fully saturated rings. The van der Waals surface area contributed by atoms with Gasteiger partial charge in [0.1, 0.15) is 6.04 Å². The van der Waals surface area contributed by atoms with Crippen LogP contribution in [0.3, 0.4) is 0 Å². The molecule has 0 spiro atoms. The van der Waals surface area contributed by atoms with E-state index in [1.165, 1.54) is 28.8 Å². The van der Waals surface area contributed by atoms with E-state index in [1.54, 1.807) is 0 Å². The first kappa shape index (κ1) is 23.1. The van der Waals surface area contributed by atoms with Gasteiger partial charge in [0.25, 0.3) is 0 Å². The van der Waals surface area contributed by atoms with Crippen LogP contribution < -0.4 is 5.32 Å². The van der Waals surface area contributed by atoms with Gasteiger partial charge in [-0.1, -0.05) is 0 Å². The second-order valence-electron chi connectivity index (χ2n) is 8.47. The van der Waals surface area contributed by atoms with Gasteiger partial charge < -0.3 is 19.9 Å². The summed E-state index contributed by atoms with van der Waals surface area (Å²) in [5.74, 6) is -3.12. The lowest BCUT2D eigenvalue weighted by molar-refractivity contribution is -0.212. The summed E-state index contributed by atoms with van der Waals surface area (Å²) in [5.41, 5.74) is 0. The zero-order chi connectivity index (χ0) is 22.9. The molecule has 31 heavy (non-hydrogen) atoms. The molecule has 2 saturated heterocycles. The molecule has 0 aromatic carbocycles. The molecule has 2 aliphatic heterocycles. The predicted octanol–water partition coefficient (Wildman–Crippen LogP) is 0.914. The Bertz CT molecular complexity index is 769. The van der Waals surface area contributed by atoms with Crippen LogP contribution in [0.1, 0.15) is 25.7 Å². The Balaban J connectivity index is 1.62. The lowest BCUT2D eigenvalue weighted by Gasteiger charge is -2.30. The van der Waals surface area contributed by atoms with Gasteiger partial charge in [-0.05, 0) is 31.6 Å². The average Bonchev–Trinajstić information content (AvgIpc) is 3.39. The third-order valence-corrected chi connectivity index (χ3v) is 6.21. The quantitative estimate of drug-likeness (QED) is 0.645. The number of rotatable bonds is 4. The molecule has 0 radical (unpaired) electrons. The van der Waals surface area contributed by atoms with Gasteiger partial charge >= 0.3 is 18.2 Å². The molecular formula is C19H26F3N5O4. The van der Waals surface area contributed by atoms with E-state index in [1.807, 2.05) is 0 Å². The maximum absolute atomic E-state index is 12.8. The number of nitrogens with one attached hydrogen (secondary N) is 1. The molecule has 5 atom stereocenters. The van der Waals surface area contributed by atoms with E-state index in [2.05, 4.69) is 11.4 Å². The molecule has 172 valence electrons. The molecule has 1 N–H and O–H groups in total. The van der Waals surface area contributed by atoms with E-state index in [-0.39, 0.29) is 31.0 Å². The van der Waals surface area contributed by atoms with Gasteiger partial charge in [-0.15, -0.1) is 0 Å². The minimum absolute atomic E-state index is 0.0234. The molecule has 0 aromatic rings. The molecule has 0 aromatic heterocycles. The van der Waals surface area contributed by atoms with Crippen molar-refractivity contribution in [3.8, 4) is 6.07 Å². The fourth-order valence-corrected chi connectivity index (χ4v) is 4.77. The highest BCUT2D eigenvalue weighted by Gasteiger charge is 2.54. The Morgan fingerprint density at radius 1 is 1.23 bits per heavy atom. The van der Waals surface area contributed by atoms with Crippen LogP contribution in [0.2, 0.25) is 0 Å². The second kappa shape index (κ2) is 8.90. The normalized spacial score (nSPS) is 30.1. The Morgan fingerprint density at radius 2 is 1.94 bits per heavy atom. The van der Waals surface area contributed by atoms with Crippen molar-refractivity contribution in [1.29, 1.82) is 5.26 Å². The molecule has 3 aliphatic rings. The number of amides is 3. The summed E-state index contributed by atoms with van der Waals surface area (Å²) in [7, 11) is 2.95. The fourth-order valence-electron chi connectivity index (χ4n) is 4.77. The Labute approximate surface area is 178 Å². The number of hydrogen-bond donors (Lipinski definition) is 1. The first-order chi connectivity index (χ1) is 14.5. The zero-order valence-electron chi connectivity index (χ0n) is 17.4. The van der Waals surface area contributed by atoms with Gasteiger partial charge in [-0.3, -0.25) is 9.69 Å². The van der Waals surface area contributed by atoms with E-state index >= 15 is 0 Å². The van der Waals surface area contributed by atoms with Crippen molar-refractivity contribution in [3.05, 3.63) is 0 Å². The van der Waals surface area contributed by atoms with Gasteiger partial charge in [0.05, 0.1) is 12.6 Å². The van der Waals surface area contributed by atoms with Gasteiger partial charge in [0, 0.05) is 39.1 Å². The number of urea groups is 1. The van der Waals surface area contributed by atoms with Crippen LogP contribution >= 0.6 is 0 Å². The largest absolute Gasteiger partial charge is 0.491 e. The standard InChI is InChI=1S/C19H26F3N5O4/c1-25(2)18(30)27-10-11-6-12(7-14(11)16(27)31-17(29)19(20,21)22)24-9-15(28)26-5-3-4-13(26)8-23/h11-14,16,24H,3-7,9-10H2,1-2H3. The summed E-state index contributed by atoms with van der Waals surface area (Å²) in [4.78, 5) is 40.2. The van der Waals surface area contributed by atoms with Crippen molar-refractivity contribution in [3.63, 3.8) is 0 Å². The molecular weight excluding hydrogens is 419 g/mol. The Morgan fingerprint density at radius 3 is 2.55 bits per heavy atom. The predicted molar refractivity (Wildman–Crippen MR) is 100 cm³/mol. The highest BCUT2D eigenvalue weighted by atomic mass is 19.4. The average molecular weight is 445 g/mol. The molecule has 3 amide bonds. The number of hydrogen-bond acceptors (Lipinski definition) is 6. The van der Waals surface area contributed by atoms with Crippen molar-refractivity contribution in [1.82, 2.24) is 20.0 Å². The summed E-state index contributed by atoms with van der Waals surface area (Å²) in [6.07, 6.45) is -4.13. The number of esters is 1. The van der Waals surface area contributed by atoms with Crippen LogP contribution in [0.25, 0.3) is 0 Å². The van der Waals surface area contributed by atoms with Gasteiger partial charge in [-0.25, -0.2) is 9.59 Å². The van der Waals surface area contributed by atoms with Crippen molar-refractivity contribution in [2.75, 3.05) is 33.7 Å². The van der Waals surface area contributed by atoms with Crippen LogP contribution in [0.15, 0.2) is 0 Å². The number of nitrogens with zero attached hydrogens (tertiary/aromatic N) is 4. The number of carbonyl (C=O) groups is 3. The first-order valence-electron chi connectivity index (χ1n) is 10.2. The van der Waals surface area contributed by atoms with Gasteiger partial charge in [0.15, 0.2) is 6.23 Å². The highest BCUT2D eigenvalue weighted by Crippen LogP contribution is 2.43. The number of alkyl halides is 3. The molecule has 2 heterocycles. The van der Waals surface area contributed by atoms with Gasteiger partial charge in [0.2, 0.25) is 5.91 Å². The Hall–Kier alpha value is -2.55. The third-order valence-electron chi connectivity index (χ3n) is 6.21. The van der Waals surface area contributed by atoms with E-state index in [0.29, 0.717) is 25.8 Å². The smallest absolute Gasteiger partial charge is 0.434 e. The molecule has 1 saturated carbocycles. The summed E-state index contributed by atoms with van der Waals surface area (Å²) >= 11 is 0. The van der Waals surface area contributed by atoms with Gasteiger partial charge in [-0.2, -0.15) is 18.4 Å². The van der Waals surface area contributed by atoms with E-state index in [0.717, 1.165) is 6.42 Å². The minimum Gasteiger partial charge on any atom is -0.434 e. The number of ether oxygens (including phenoxy) is 1. The summed E-state index contributed by atoms with van der Waals surface area (Å²) < 4.78 is 43.0. The molecule has 1 aliphatic carbocycles. The first-order valence-corrected chi connectivity index (χ1v) is 10.2. The highest BCUT2D eigenvalue weighted by molar-refractivity contribution is 5.79. The number of nitriles is 1. The lowest BCUT2D eigenvalue weighted by Crippen LogP contribution is -2.48. The number of likely N-dealkylation sites (tertiary alicyclic amines) is 2. The maximum Gasteiger partial charge on any atom is 0.491 e. The third kappa shape index (κ3) is 4.87. The van der Waals surface area contributed by atoms with Crippen LogP contribution in [0, 0.1) is 23.2 Å². The van der Waals surface area contributed by atoms with Crippen LogP contribution in [-0.4, -0.2) is 90.8 Å². The van der Waals surface area contributed by atoms with Crippen LogP contribution in [0.5, 0.6) is 0 Å². The molecule has 3 rings (SSSR count). The molecule has 0 bridgehead atoms. The number of carbonyl (C=O) groups excluding carboxylic acids is 3. The van der Waals surface area contributed by atoms with E-state index in [4.69, 9.17) is 10.00 Å². The number of halogens is 3. The summed E-state index contributed by atoms with van der Waals surface area (Å²) in [6.45, 7) is 0.730. The molecule has 5 unspecified atom stereocenters. The lowest BCUT2D eigenvalue weighted by atomic mass is 9.99. The summed E-state index contributed by atoms with van der Waals surface area (Å²) in [5, 5.41) is 12.2. The van der Waals surface area contributed by atoms with Crippen molar-refractivity contribution >= 4 is 17.9 Å². The fraction of sp³-hybridized carbons (Fsp3) is 0.789. The SMILES string of the molecule is CN(C)C(=O)N1CC2CC(NCC(=O)N3CCCC3C#N)CC2C1OC(=O)C(F)(F)F.